The van der Waals surface area contributed by atoms with E-state index in [1.54, 1.807) is 0 Å². The lowest BCUT2D eigenvalue weighted by atomic mass is 9.97. The minimum atomic E-state index is 1.08. The maximum Gasteiger partial charge on any atom is 0.0547 e. The first kappa shape index (κ1) is 37.3. The molecule has 11 aromatic carbocycles. The van der Waals surface area contributed by atoms with Crippen molar-refractivity contribution in [3.8, 4) is 50.2 Å². The third-order valence-electron chi connectivity index (χ3n) is 12.8. The molecule has 0 aliphatic rings. The Morgan fingerprint density at radius 3 is 1.27 bits per heavy atom. The summed E-state index contributed by atoms with van der Waals surface area (Å²) < 4.78 is 2.45. The zero-order chi connectivity index (χ0) is 42.4. The predicted molar refractivity (Wildman–Crippen MR) is 272 cm³/mol. The van der Waals surface area contributed by atoms with Crippen LogP contribution in [0.15, 0.2) is 255 Å². The highest BCUT2D eigenvalue weighted by Gasteiger charge is 2.18. The van der Waals surface area contributed by atoms with Crippen molar-refractivity contribution >= 4 is 60.4 Å². The van der Waals surface area contributed by atoms with Crippen molar-refractivity contribution in [2.45, 2.75) is 0 Å². The van der Waals surface area contributed by atoms with Crippen molar-refractivity contribution in [2.24, 2.45) is 0 Å². The van der Waals surface area contributed by atoms with Gasteiger partial charge in [0.1, 0.15) is 0 Å². The number of benzene rings is 11. The van der Waals surface area contributed by atoms with Crippen LogP contribution in [0.1, 0.15) is 0 Å². The van der Waals surface area contributed by atoms with Gasteiger partial charge in [-0.1, -0.05) is 200 Å². The molecule has 2 nitrogen and oxygen atoms in total. The zero-order valence-electron chi connectivity index (χ0n) is 35.1. The van der Waals surface area contributed by atoms with E-state index in [1.165, 1.54) is 82.3 Å². The number of fused-ring (bicyclic) bond motifs is 5. The fourth-order valence-electron chi connectivity index (χ4n) is 9.72. The first-order valence-electron chi connectivity index (χ1n) is 22.0. The topological polar surface area (TPSA) is 8.17 Å². The third kappa shape index (κ3) is 6.52. The van der Waals surface area contributed by atoms with Crippen molar-refractivity contribution in [3.63, 3.8) is 0 Å². The van der Waals surface area contributed by atoms with Gasteiger partial charge in [-0.05, 0) is 115 Å². The van der Waals surface area contributed by atoms with Gasteiger partial charge in [0.05, 0.1) is 16.7 Å². The molecule has 0 atom stereocenters. The molecule has 64 heavy (non-hydrogen) atoms. The third-order valence-corrected chi connectivity index (χ3v) is 12.8. The van der Waals surface area contributed by atoms with Gasteiger partial charge in [0.15, 0.2) is 0 Å². The molecule has 0 amide bonds. The number of anilines is 3. The largest absolute Gasteiger partial charge is 0.311 e. The lowest BCUT2D eigenvalue weighted by molar-refractivity contribution is 1.18. The molecule has 0 N–H and O–H groups in total. The normalized spacial score (nSPS) is 11.4. The monoisotopic (exact) mass is 814 g/mol. The Balaban J connectivity index is 0.961. The average Bonchev–Trinajstić information content (AvgIpc) is 3.70. The van der Waals surface area contributed by atoms with Gasteiger partial charge in [-0.15, -0.1) is 0 Å². The number of hydrogen-bond donors (Lipinski definition) is 0. The Hall–Kier alpha value is -8.46. The minimum Gasteiger partial charge on any atom is -0.311 e. The number of hydrogen-bond acceptors (Lipinski definition) is 1. The Bertz CT molecular complexity index is 3500. The molecule has 2 heteroatoms. The molecule has 0 fully saturated rings. The molecule has 0 radical (unpaired) electrons. The zero-order valence-corrected chi connectivity index (χ0v) is 35.1. The van der Waals surface area contributed by atoms with Gasteiger partial charge in [-0.3, -0.25) is 0 Å². The first-order valence-corrected chi connectivity index (χ1v) is 22.0. The highest BCUT2D eigenvalue weighted by atomic mass is 15.1. The molecule has 1 aromatic heterocycles. The van der Waals surface area contributed by atoms with Gasteiger partial charge in [0, 0.05) is 33.4 Å². The fraction of sp³-hybridized carbons (Fsp3) is 0. The number of aromatic nitrogens is 1. The second kappa shape index (κ2) is 15.8. The summed E-state index contributed by atoms with van der Waals surface area (Å²) >= 11 is 0. The molecule has 0 saturated carbocycles. The second-order valence-corrected chi connectivity index (χ2v) is 16.5. The van der Waals surface area contributed by atoms with Crippen molar-refractivity contribution < 1.29 is 0 Å². The summed E-state index contributed by atoms with van der Waals surface area (Å²) in [6, 6.07) is 92.6. The molecular formula is C62H42N2. The Morgan fingerprint density at radius 2 is 0.672 bits per heavy atom. The van der Waals surface area contributed by atoms with Crippen molar-refractivity contribution in [1.82, 2.24) is 4.57 Å². The summed E-state index contributed by atoms with van der Waals surface area (Å²) in [4.78, 5) is 2.37. The van der Waals surface area contributed by atoms with Gasteiger partial charge in [-0.2, -0.15) is 0 Å². The van der Waals surface area contributed by atoms with E-state index in [0.29, 0.717) is 0 Å². The Morgan fingerprint density at radius 1 is 0.250 bits per heavy atom. The standard InChI is InChI=1S/C62H42N2/c1-2-14-43(15-3-1)49-34-41-59-58-23-9-11-27-61(58)64(62(59)42-49)60-26-10-8-22-57(60)48-32-39-52(40-33-48)63(50-35-28-46(29-36-50)55-24-12-18-44-16-4-6-20-53(44)55)51-37-30-47(31-38-51)56-25-13-19-45-17-5-7-21-54(45)56/h1-42H. The van der Waals surface area contributed by atoms with Crippen molar-refractivity contribution in [1.29, 1.82) is 0 Å². The molecule has 12 rings (SSSR count). The molecular weight excluding hydrogens is 773 g/mol. The lowest BCUT2D eigenvalue weighted by Crippen LogP contribution is -2.10. The molecule has 0 aliphatic carbocycles. The second-order valence-electron chi connectivity index (χ2n) is 16.5. The average molecular weight is 815 g/mol. The van der Waals surface area contributed by atoms with E-state index in [9.17, 15) is 0 Å². The van der Waals surface area contributed by atoms with Crippen LogP contribution >= 0.6 is 0 Å². The fourth-order valence-corrected chi connectivity index (χ4v) is 9.72. The molecule has 0 aliphatic heterocycles. The van der Waals surface area contributed by atoms with Crippen LogP contribution in [0.4, 0.5) is 17.1 Å². The summed E-state index contributed by atoms with van der Waals surface area (Å²) in [5.74, 6) is 0. The summed E-state index contributed by atoms with van der Waals surface area (Å²) in [6.45, 7) is 0. The van der Waals surface area contributed by atoms with E-state index in [4.69, 9.17) is 0 Å². The number of nitrogens with zero attached hydrogens (tertiary/aromatic N) is 2. The summed E-state index contributed by atoms with van der Waals surface area (Å²) in [5, 5.41) is 7.49. The highest BCUT2D eigenvalue weighted by Crippen LogP contribution is 2.42. The maximum absolute atomic E-state index is 2.45. The van der Waals surface area contributed by atoms with Crippen molar-refractivity contribution in [3.05, 3.63) is 255 Å². The van der Waals surface area contributed by atoms with Gasteiger partial charge >= 0.3 is 0 Å². The molecule has 0 saturated heterocycles. The van der Waals surface area contributed by atoms with Crippen LogP contribution in [-0.4, -0.2) is 4.57 Å². The van der Waals surface area contributed by atoms with E-state index >= 15 is 0 Å². The summed E-state index contributed by atoms with van der Waals surface area (Å²) in [5.41, 5.74) is 16.4. The first-order chi connectivity index (χ1) is 31.7. The Kier molecular flexibility index (Phi) is 9.20. The van der Waals surface area contributed by atoms with Crippen molar-refractivity contribution in [2.75, 3.05) is 4.90 Å². The smallest absolute Gasteiger partial charge is 0.0547 e. The van der Waals surface area contributed by atoms with Crippen LogP contribution in [0.2, 0.25) is 0 Å². The van der Waals surface area contributed by atoms with E-state index in [2.05, 4.69) is 264 Å². The maximum atomic E-state index is 2.45. The summed E-state index contributed by atoms with van der Waals surface area (Å²) in [7, 11) is 0. The van der Waals surface area contributed by atoms with E-state index in [1.807, 2.05) is 0 Å². The van der Waals surface area contributed by atoms with E-state index in [-0.39, 0.29) is 0 Å². The minimum absolute atomic E-state index is 1.08. The predicted octanol–water partition coefficient (Wildman–Crippen LogP) is 17.2. The Labute approximate surface area is 373 Å². The SMILES string of the molecule is c1ccc(-c2ccc3c4ccccc4n(-c4ccccc4-c4ccc(N(c5ccc(-c6cccc7ccccc67)cc5)c5ccc(-c6cccc7ccccc67)cc5)cc4)c3c2)cc1. The van der Waals surface area contributed by atoms with E-state index < -0.39 is 0 Å². The van der Waals surface area contributed by atoms with Crippen LogP contribution in [0.5, 0.6) is 0 Å². The number of para-hydroxylation sites is 2. The lowest BCUT2D eigenvalue weighted by Gasteiger charge is -2.26. The van der Waals surface area contributed by atoms with Crippen LogP contribution in [0.25, 0.3) is 93.5 Å². The number of rotatable bonds is 8. The highest BCUT2D eigenvalue weighted by molar-refractivity contribution is 6.11. The molecule has 0 unspecified atom stereocenters. The quantitative estimate of drug-likeness (QED) is 0.148. The van der Waals surface area contributed by atoms with Gasteiger partial charge in [-0.25, -0.2) is 0 Å². The van der Waals surface area contributed by atoms with Gasteiger partial charge < -0.3 is 9.47 Å². The van der Waals surface area contributed by atoms with Gasteiger partial charge in [0.2, 0.25) is 0 Å². The van der Waals surface area contributed by atoms with Gasteiger partial charge in [0.25, 0.3) is 0 Å². The molecule has 1 heterocycles. The van der Waals surface area contributed by atoms with Crippen LogP contribution in [0, 0.1) is 0 Å². The molecule has 300 valence electrons. The molecule has 12 aromatic rings. The van der Waals surface area contributed by atoms with E-state index in [0.717, 1.165) is 28.3 Å². The van der Waals surface area contributed by atoms with Crippen LogP contribution in [0.3, 0.4) is 0 Å². The molecule has 0 spiro atoms. The van der Waals surface area contributed by atoms with Crippen LogP contribution < -0.4 is 4.90 Å². The molecule has 0 bridgehead atoms. The van der Waals surface area contributed by atoms with Crippen LogP contribution in [-0.2, 0) is 0 Å². The summed E-state index contributed by atoms with van der Waals surface area (Å²) in [6.07, 6.45) is 0.